The first kappa shape index (κ1) is 18.3. The first-order valence-electron chi connectivity index (χ1n) is 8.50. The molecule has 0 aliphatic rings. The highest BCUT2D eigenvalue weighted by Gasteiger charge is 2.20. The minimum absolute atomic E-state index is 0.243. The fourth-order valence-corrected chi connectivity index (χ4v) is 2.48. The average Bonchev–Trinajstić information content (AvgIpc) is 2.92. The Kier molecular flexibility index (Phi) is 6.20. The summed E-state index contributed by atoms with van der Waals surface area (Å²) in [4.78, 5) is 21.3. The lowest BCUT2D eigenvalue weighted by atomic mass is 10.2. The molecule has 0 radical (unpaired) electrons. The number of carbonyl (C=O) groups is 1. The first-order chi connectivity index (χ1) is 11.4. The molecule has 0 bridgehead atoms. The van der Waals surface area contributed by atoms with E-state index in [0.29, 0.717) is 13.1 Å². The lowest BCUT2D eigenvalue weighted by molar-refractivity contribution is 0.0258. The molecule has 2 N–H and O–H groups in total. The fraction of sp³-hybridized carbons (Fsp3) is 0.556. The predicted molar refractivity (Wildman–Crippen MR) is 95.9 cm³/mol. The van der Waals surface area contributed by atoms with Gasteiger partial charge in [-0.05, 0) is 58.4 Å². The smallest absolute Gasteiger partial charge is 0.410 e. The quantitative estimate of drug-likeness (QED) is 0.763. The van der Waals surface area contributed by atoms with Crippen LogP contribution in [0.3, 0.4) is 0 Å². The first-order valence-corrected chi connectivity index (χ1v) is 8.50. The van der Waals surface area contributed by atoms with Crippen molar-refractivity contribution in [3.05, 3.63) is 30.1 Å². The van der Waals surface area contributed by atoms with Gasteiger partial charge in [0.15, 0.2) is 0 Å². The molecule has 0 spiro atoms. The highest BCUT2D eigenvalue weighted by Crippen LogP contribution is 2.15. The van der Waals surface area contributed by atoms with Crippen LogP contribution in [0.4, 0.5) is 4.79 Å². The van der Waals surface area contributed by atoms with Gasteiger partial charge in [0.05, 0.1) is 0 Å². The summed E-state index contributed by atoms with van der Waals surface area (Å²) in [5.41, 5.74) is 1.67. The second-order valence-corrected chi connectivity index (χ2v) is 6.80. The molecule has 2 aromatic heterocycles. The molecule has 0 aliphatic heterocycles. The summed E-state index contributed by atoms with van der Waals surface area (Å²) in [6, 6.07) is 4.01. The second-order valence-electron chi connectivity index (χ2n) is 6.80. The number of amides is 1. The zero-order valence-corrected chi connectivity index (χ0v) is 15.1. The van der Waals surface area contributed by atoms with Gasteiger partial charge in [-0.15, -0.1) is 0 Å². The molecule has 24 heavy (non-hydrogen) atoms. The Labute approximate surface area is 143 Å². The average molecular weight is 332 g/mol. The Bertz CT molecular complexity index is 660. The van der Waals surface area contributed by atoms with E-state index in [1.165, 1.54) is 5.56 Å². The molecule has 0 fully saturated rings. The van der Waals surface area contributed by atoms with Gasteiger partial charge >= 0.3 is 6.09 Å². The molecular weight excluding hydrogens is 304 g/mol. The van der Waals surface area contributed by atoms with Crippen LogP contribution in [-0.4, -0.2) is 46.2 Å². The van der Waals surface area contributed by atoms with Gasteiger partial charge in [-0.3, -0.25) is 0 Å². The van der Waals surface area contributed by atoms with E-state index >= 15 is 0 Å². The molecule has 0 saturated carbocycles. The number of hydrogen-bond acceptors (Lipinski definition) is 4. The Morgan fingerprint density at radius 2 is 2.21 bits per heavy atom. The van der Waals surface area contributed by atoms with Crippen molar-refractivity contribution in [2.45, 2.75) is 46.3 Å². The van der Waals surface area contributed by atoms with Crippen LogP contribution in [-0.2, 0) is 11.3 Å². The van der Waals surface area contributed by atoms with Gasteiger partial charge in [0.25, 0.3) is 0 Å². The van der Waals surface area contributed by atoms with Crippen molar-refractivity contribution in [2.24, 2.45) is 0 Å². The van der Waals surface area contributed by atoms with Crippen molar-refractivity contribution >= 4 is 17.1 Å². The number of carbonyl (C=O) groups excluding carboxylic acids is 1. The van der Waals surface area contributed by atoms with Gasteiger partial charge in [-0.2, -0.15) is 0 Å². The zero-order valence-electron chi connectivity index (χ0n) is 15.1. The number of hydrogen-bond donors (Lipinski definition) is 2. The highest BCUT2D eigenvalue weighted by molar-refractivity contribution is 5.79. The largest absolute Gasteiger partial charge is 0.444 e. The van der Waals surface area contributed by atoms with E-state index in [9.17, 15) is 4.79 Å². The Hall–Kier alpha value is -2.08. The number of aromatic nitrogens is 2. The number of nitrogens with zero attached hydrogens (tertiary/aromatic N) is 2. The Morgan fingerprint density at radius 3 is 2.92 bits per heavy atom. The van der Waals surface area contributed by atoms with E-state index in [4.69, 9.17) is 4.74 Å². The molecule has 0 unspecified atom stereocenters. The SMILES string of the molecule is CCN(CCCNCc1c[nH]c2ncccc12)C(=O)OC(C)(C)C. The van der Waals surface area contributed by atoms with Gasteiger partial charge in [-0.1, -0.05) is 0 Å². The Balaban J connectivity index is 1.73. The molecule has 6 nitrogen and oxygen atoms in total. The summed E-state index contributed by atoms with van der Waals surface area (Å²) in [6.45, 7) is 10.6. The number of ether oxygens (including phenoxy) is 1. The number of nitrogens with one attached hydrogen (secondary N) is 2. The molecule has 0 saturated heterocycles. The molecule has 0 aliphatic carbocycles. The normalized spacial score (nSPS) is 11.7. The summed E-state index contributed by atoms with van der Waals surface area (Å²) in [5.74, 6) is 0. The maximum absolute atomic E-state index is 12.1. The molecule has 1 amide bonds. The molecule has 132 valence electrons. The molecular formula is C18H28N4O2. The summed E-state index contributed by atoms with van der Waals surface area (Å²) in [6.07, 6.45) is 4.41. The minimum atomic E-state index is -0.452. The van der Waals surface area contributed by atoms with E-state index in [1.54, 1.807) is 11.1 Å². The lowest BCUT2D eigenvalue weighted by Crippen LogP contribution is -2.38. The summed E-state index contributed by atoms with van der Waals surface area (Å²) in [5, 5.41) is 4.57. The van der Waals surface area contributed by atoms with E-state index in [1.807, 2.05) is 40.0 Å². The molecule has 2 aromatic rings. The van der Waals surface area contributed by atoms with Crippen molar-refractivity contribution in [1.29, 1.82) is 0 Å². The number of pyridine rings is 1. The summed E-state index contributed by atoms with van der Waals surface area (Å²) in [7, 11) is 0. The number of rotatable bonds is 7. The molecule has 2 rings (SSSR count). The van der Waals surface area contributed by atoms with E-state index in [-0.39, 0.29) is 6.09 Å². The predicted octanol–water partition coefficient (Wildman–Crippen LogP) is 3.30. The molecule has 2 heterocycles. The zero-order chi connectivity index (χ0) is 17.6. The van der Waals surface area contributed by atoms with Crippen LogP contribution in [0.25, 0.3) is 11.0 Å². The van der Waals surface area contributed by atoms with Crippen molar-refractivity contribution in [3.8, 4) is 0 Å². The van der Waals surface area contributed by atoms with Crippen LogP contribution >= 0.6 is 0 Å². The lowest BCUT2D eigenvalue weighted by Gasteiger charge is -2.26. The fourth-order valence-electron chi connectivity index (χ4n) is 2.48. The van der Waals surface area contributed by atoms with Crippen molar-refractivity contribution in [1.82, 2.24) is 20.2 Å². The van der Waals surface area contributed by atoms with Gasteiger partial charge < -0.3 is 19.9 Å². The van der Waals surface area contributed by atoms with E-state index < -0.39 is 5.60 Å². The van der Waals surface area contributed by atoms with Crippen molar-refractivity contribution in [2.75, 3.05) is 19.6 Å². The number of fused-ring (bicyclic) bond motifs is 1. The van der Waals surface area contributed by atoms with Gasteiger partial charge in [0, 0.05) is 37.4 Å². The third kappa shape index (κ3) is 5.23. The van der Waals surface area contributed by atoms with Gasteiger partial charge in [0.1, 0.15) is 11.2 Å². The highest BCUT2D eigenvalue weighted by atomic mass is 16.6. The summed E-state index contributed by atoms with van der Waals surface area (Å²) < 4.78 is 5.41. The van der Waals surface area contributed by atoms with Crippen LogP contribution in [0.1, 0.15) is 39.7 Å². The van der Waals surface area contributed by atoms with E-state index in [0.717, 1.165) is 30.5 Å². The Morgan fingerprint density at radius 1 is 1.42 bits per heavy atom. The maximum atomic E-state index is 12.1. The standard InChI is InChI=1S/C18H28N4O2/c1-5-22(17(23)24-18(2,3)4)11-7-9-19-12-14-13-21-16-15(14)8-6-10-20-16/h6,8,10,13,19H,5,7,9,11-12H2,1-4H3,(H,20,21). The van der Waals surface area contributed by atoms with Crippen LogP contribution in [0.2, 0.25) is 0 Å². The minimum Gasteiger partial charge on any atom is -0.444 e. The maximum Gasteiger partial charge on any atom is 0.410 e. The molecule has 6 heteroatoms. The molecule has 0 aromatic carbocycles. The van der Waals surface area contributed by atoms with Gasteiger partial charge in [-0.25, -0.2) is 9.78 Å². The van der Waals surface area contributed by atoms with Crippen LogP contribution in [0, 0.1) is 0 Å². The van der Waals surface area contributed by atoms with E-state index in [2.05, 4.69) is 21.4 Å². The number of aromatic amines is 1. The number of H-pyrrole nitrogens is 1. The van der Waals surface area contributed by atoms with Crippen molar-refractivity contribution in [3.63, 3.8) is 0 Å². The van der Waals surface area contributed by atoms with Crippen LogP contribution in [0.15, 0.2) is 24.5 Å². The molecule has 0 atom stereocenters. The van der Waals surface area contributed by atoms with Crippen molar-refractivity contribution < 1.29 is 9.53 Å². The third-order valence-corrected chi connectivity index (χ3v) is 3.67. The third-order valence-electron chi connectivity index (χ3n) is 3.67. The summed E-state index contributed by atoms with van der Waals surface area (Å²) >= 11 is 0. The van der Waals surface area contributed by atoms with Crippen LogP contribution < -0.4 is 5.32 Å². The van der Waals surface area contributed by atoms with Gasteiger partial charge in [0.2, 0.25) is 0 Å². The monoisotopic (exact) mass is 332 g/mol. The topological polar surface area (TPSA) is 70.2 Å². The second kappa shape index (κ2) is 8.15. The van der Waals surface area contributed by atoms with Crippen LogP contribution in [0.5, 0.6) is 0 Å².